The highest BCUT2D eigenvalue weighted by molar-refractivity contribution is 5.73. The molecule has 0 bridgehead atoms. The Morgan fingerprint density at radius 1 is 1.12 bits per heavy atom. The lowest BCUT2D eigenvalue weighted by molar-refractivity contribution is -0.119. The number of nitrogens with zero attached hydrogens (tertiary/aromatic N) is 2. The number of phenols is 1. The number of amides is 1. The van der Waals surface area contributed by atoms with Crippen molar-refractivity contribution in [3.63, 3.8) is 0 Å². The largest absolute Gasteiger partial charge is 0.508 e. The number of hydrogen-bond donors (Lipinski definition) is 2. The van der Waals surface area contributed by atoms with E-state index >= 15 is 0 Å². The molecule has 7 nitrogen and oxygen atoms in total. The number of rotatable bonds is 5. The number of ether oxygens (including phenoxy) is 1. The Hall–Kier alpha value is -3.35. The molecule has 0 aliphatic carbocycles. The standard InChI is InChI=1S/C18H17N3O4/c1-11(19-12(2)22)18-20-17(21-25-18)13-3-7-15(8-4-13)24-16-9-5-14(23)6-10-16/h3-11,23H,1-2H3,(H,19,22). The van der Waals surface area contributed by atoms with Crippen molar-refractivity contribution in [2.45, 2.75) is 19.9 Å². The Kier molecular flexibility index (Phi) is 4.65. The van der Waals surface area contributed by atoms with Crippen LogP contribution in [0.5, 0.6) is 17.2 Å². The third-order valence-electron chi connectivity index (χ3n) is 3.42. The fraction of sp³-hybridized carbons (Fsp3) is 0.167. The lowest BCUT2D eigenvalue weighted by Gasteiger charge is -2.06. The minimum atomic E-state index is -0.351. The summed E-state index contributed by atoms with van der Waals surface area (Å²) in [5.41, 5.74) is 0.767. The number of aromatic nitrogens is 2. The number of aromatic hydroxyl groups is 1. The summed E-state index contributed by atoms with van der Waals surface area (Å²) in [6, 6.07) is 13.3. The van der Waals surface area contributed by atoms with Crippen LogP contribution in [0.2, 0.25) is 0 Å². The fourth-order valence-electron chi connectivity index (χ4n) is 2.22. The molecule has 3 rings (SSSR count). The van der Waals surface area contributed by atoms with Crippen LogP contribution in [0.4, 0.5) is 0 Å². The van der Waals surface area contributed by atoms with Gasteiger partial charge in [0, 0.05) is 12.5 Å². The highest BCUT2D eigenvalue weighted by Crippen LogP contribution is 2.26. The molecule has 0 spiro atoms. The van der Waals surface area contributed by atoms with Crippen molar-refractivity contribution < 1.29 is 19.2 Å². The van der Waals surface area contributed by atoms with Crippen LogP contribution in [0.15, 0.2) is 53.1 Å². The van der Waals surface area contributed by atoms with Gasteiger partial charge in [-0.1, -0.05) is 5.16 Å². The maximum absolute atomic E-state index is 11.1. The van der Waals surface area contributed by atoms with Gasteiger partial charge in [0.25, 0.3) is 0 Å². The lowest BCUT2D eigenvalue weighted by atomic mass is 10.2. The summed E-state index contributed by atoms with van der Waals surface area (Å²) in [7, 11) is 0. The van der Waals surface area contributed by atoms with Gasteiger partial charge in [0.05, 0.1) is 0 Å². The van der Waals surface area contributed by atoms with Crippen LogP contribution in [0.3, 0.4) is 0 Å². The quantitative estimate of drug-likeness (QED) is 0.739. The normalized spacial score (nSPS) is 11.8. The first-order chi connectivity index (χ1) is 12.0. The van der Waals surface area contributed by atoms with Crippen molar-refractivity contribution in [1.82, 2.24) is 15.5 Å². The molecule has 0 fully saturated rings. The molecule has 1 unspecified atom stereocenters. The molecule has 128 valence electrons. The molecule has 0 saturated heterocycles. The minimum absolute atomic E-state index is 0.164. The second kappa shape index (κ2) is 7.04. The first-order valence-corrected chi connectivity index (χ1v) is 7.69. The van der Waals surface area contributed by atoms with Gasteiger partial charge in [-0.05, 0) is 55.5 Å². The maximum atomic E-state index is 11.1. The predicted octanol–water partition coefficient (Wildman–Crippen LogP) is 3.43. The summed E-state index contributed by atoms with van der Waals surface area (Å²) in [5.74, 6) is 2.06. The summed E-state index contributed by atoms with van der Waals surface area (Å²) < 4.78 is 10.9. The van der Waals surface area contributed by atoms with Crippen LogP contribution in [-0.4, -0.2) is 21.2 Å². The van der Waals surface area contributed by atoms with Crippen molar-refractivity contribution >= 4 is 5.91 Å². The Morgan fingerprint density at radius 3 is 2.32 bits per heavy atom. The summed E-state index contributed by atoms with van der Waals surface area (Å²) in [6.07, 6.45) is 0. The van der Waals surface area contributed by atoms with E-state index in [2.05, 4.69) is 15.5 Å². The van der Waals surface area contributed by atoms with Gasteiger partial charge in [0.2, 0.25) is 17.6 Å². The third-order valence-corrected chi connectivity index (χ3v) is 3.42. The van der Waals surface area contributed by atoms with E-state index in [4.69, 9.17) is 9.26 Å². The van der Waals surface area contributed by atoms with Crippen LogP contribution >= 0.6 is 0 Å². The zero-order valence-corrected chi connectivity index (χ0v) is 13.8. The molecular formula is C18H17N3O4. The van der Waals surface area contributed by atoms with Crippen molar-refractivity contribution in [3.8, 4) is 28.6 Å². The van der Waals surface area contributed by atoms with E-state index in [9.17, 15) is 9.90 Å². The second-order valence-electron chi connectivity index (χ2n) is 5.50. The smallest absolute Gasteiger partial charge is 0.249 e. The van der Waals surface area contributed by atoms with E-state index in [1.54, 1.807) is 43.3 Å². The Bertz CT molecular complexity index is 857. The Morgan fingerprint density at radius 2 is 1.72 bits per heavy atom. The first kappa shape index (κ1) is 16.5. The molecule has 3 aromatic rings. The van der Waals surface area contributed by atoms with Gasteiger partial charge in [-0.25, -0.2) is 0 Å². The molecule has 0 aliphatic rings. The van der Waals surface area contributed by atoms with Gasteiger partial charge < -0.3 is 19.7 Å². The highest BCUT2D eigenvalue weighted by Gasteiger charge is 2.15. The van der Waals surface area contributed by atoms with Gasteiger partial charge in [-0.3, -0.25) is 4.79 Å². The van der Waals surface area contributed by atoms with E-state index in [0.29, 0.717) is 23.2 Å². The molecule has 1 atom stereocenters. The Labute approximate surface area is 144 Å². The van der Waals surface area contributed by atoms with Crippen molar-refractivity contribution in [3.05, 3.63) is 54.4 Å². The van der Waals surface area contributed by atoms with E-state index in [-0.39, 0.29) is 17.7 Å². The van der Waals surface area contributed by atoms with Crippen molar-refractivity contribution in [2.75, 3.05) is 0 Å². The first-order valence-electron chi connectivity index (χ1n) is 7.69. The van der Waals surface area contributed by atoms with Gasteiger partial charge >= 0.3 is 0 Å². The predicted molar refractivity (Wildman–Crippen MR) is 90.1 cm³/mol. The molecular weight excluding hydrogens is 322 g/mol. The lowest BCUT2D eigenvalue weighted by Crippen LogP contribution is -2.23. The average Bonchev–Trinajstić information content (AvgIpc) is 3.07. The van der Waals surface area contributed by atoms with Gasteiger partial charge in [-0.15, -0.1) is 0 Å². The molecule has 0 saturated carbocycles. The number of nitrogens with one attached hydrogen (secondary N) is 1. The summed E-state index contributed by atoms with van der Waals surface area (Å²) in [4.78, 5) is 15.4. The SMILES string of the molecule is CC(=O)NC(C)c1nc(-c2ccc(Oc3ccc(O)cc3)cc2)no1. The molecule has 1 aromatic heterocycles. The number of phenolic OH excluding ortho intramolecular Hbond substituents is 1. The van der Waals surface area contributed by atoms with Crippen LogP contribution in [-0.2, 0) is 4.79 Å². The molecule has 1 amide bonds. The van der Waals surface area contributed by atoms with E-state index < -0.39 is 0 Å². The number of hydrogen-bond acceptors (Lipinski definition) is 6. The molecule has 0 aliphatic heterocycles. The van der Waals surface area contributed by atoms with Crippen LogP contribution in [0.1, 0.15) is 25.8 Å². The fourth-order valence-corrected chi connectivity index (χ4v) is 2.22. The molecule has 25 heavy (non-hydrogen) atoms. The van der Waals surface area contributed by atoms with Crippen molar-refractivity contribution in [1.29, 1.82) is 0 Å². The number of carbonyl (C=O) groups is 1. The van der Waals surface area contributed by atoms with E-state index in [1.165, 1.54) is 6.92 Å². The molecule has 2 N–H and O–H groups in total. The third kappa shape index (κ3) is 4.14. The summed E-state index contributed by atoms with van der Waals surface area (Å²) >= 11 is 0. The van der Waals surface area contributed by atoms with Crippen LogP contribution in [0.25, 0.3) is 11.4 Å². The average molecular weight is 339 g/mol. The van der Waals surface area contributed by atoms with E-state index in [0.717, 1.165) is 5.56 Å². The maximum Gasteiger partial charge on any atom is 0.249 e. The molecule has 1 heterocycles. The number of carbonyl (C=O) groups excluding carboxylic acids is 1. The van der Waals surface area contributed by atoms with Gasteiger partial charge in [0.1, 0.15) is 23.3 Å². The van der Waals surface area contributed by atoms with Gasteiger partial charge in [-0.2, -0.15) is 4.98 Å². The van der Waals surface area contributed by atoms with E-state index in [1.807, 2.05) is 12.1 Å². The van der Waals surface area contributed by atoms with Crippen molar-refractivity contribution in [2.24, 2.45) is 0 Å². The zero-order chi connectivity index (χ0) is 17.8. The highest BCUT2D eigenvalue weighted by atomic mass is 16.5. The monoisotopic (exact) mass is 339 g/mol. The van der Waals surface area contributed by atoms with Crippen LogP contribution < -0.4 is 10.1 Å². The topological polar surface area (TPSA) is 97.5 Å². The van der Waals surface area contributed by atoms with Crippen LogP contribution in [0, 0.1) is 0 Å². The summed E-state index contributed by atoms with van der Waals surface area (Å²) in [5, 5.41) is 15.9. The Balaban J connectivity index is 1.71. The second-order valence-corrected chi connectivity index (χ2v) is 5.50. The molecule has 0 radical (unpaired) electrons. The zero-order valence-electron chi connectivity index (χ0n) is 13.8. The molecule has 2 aromatic carbocycles. The number of benzene rings is 2. The van der Waals surface area contributed by atoms with Gasteiger partial charge in [0.15, 0.2) is 0 Å². The minimum Gasteiger partial charge on any atom is -0.508 e. The molecule has 7 heteroatoms. The summed E-state index contributed by atoms with van der Waals surface area (Å²) in [6.45, 7) is 3.20.